The Labute approximate surface area is 92.3 Å². The summed E-state index contributed by atoms with van der Waals surface area (Å²) in [5.74, 6) is 0.244. The molecule has 1 aromatic rings. The Hall–Kier alpha value is -0.750. The maximum atomic E-state index is 11.8. The van der Waals surface area contributed by atoms with Crippen LogP contribution in [0.25, 0.3) is 0 Å². The molecule has 1 fully saturated rings. The van der Waals surface area contributed by atoms with Gasteiger partial charge >= 0.3 is 0 Å². The minimum atomic E-state index is -3.04. The van der Waals surface area contributed by atoms with E-state index in [1.54, 1.807) is 5.38 Å². The van der Waals surface area contributed by atoms with Gasteiger partial charge in [0.1, 0.15) is 16.0 Å². The van der Waals surface area contributed by atoms with Crippen molar-refractivity contribution in [1.29, 1.82) is 0 Å². The number of aldehydes is 1. The predicted molar refractivity (Wildman–Crippen MR) is 57.9 cm³/mol. The normalized spacial score (nSPS) is 24.9. The van der Waals surface area contributed by atoms with E-state index in [-0.39, 0.29) is 5.75 Å². The molecule has 0 saturated carbocycles. The highest BCUT2D eigenvalue weighted by molar-refractivity contribution is 7.91. The smallest absolute Gasteiger partial charge is 0.169 e. The summed E-state index contributed by atoms with van der Waals surface area (Å²) >= 11 is 1.26. The first-order valence-electron chi connectivity index (χ1n) is 4.75. The molecule has 0 aliphatic carbocycles. The van der Waals surface area contributed by atoms with E-state index in [0.29, 0.717) is 23.4 Å². The Morgan fingerprint density at radius 3 is 2.87 bits per heavy atom. The van der Waals surface area contributed by atoms with Crippen molar-refractivity contribution in [3.63, 3.8) is 0 Å². The molecule has 2 rings (SSSR count). The number of sulfone groups is 1. The Morgan fingerprint density at radius 1 is 1.47 bits per heavy atom. The standard InChI is InChI=1S/C9H11NO3S2/c11-5-7-6-14-9(10-7)8-3-1-2-4-15(8,12)13/h5-6,8H,1-4H2. The molecular weight excluding hydrogens is 234 g/mol. The number of rotatable bonds is 2. The summed E-state index contributed by atoms with van der Waals surface area (Å²) in [5.41, 5.74) is 0.329. The highest BCUT2D eigenvalue weighted by Crippen LogP contribution is 2.34. The second-order valence-corrected chi connectivity index (χ2v) is 6.77. The molecule has 1 aliphatic heterocycles. The maximum absolute atomic E-state index is 11.8. The van der Waals surface area contributed by atoms with Gasteiger partial charge < -0.3 is 0 Å². The van der Waals surface area contributed by atoms with Crippen LogP contribution in [0.4, 0.5) is 0 Å². The van der Waals surface area contributed by atoms with Crippen molar-refractivity contribution < 1.29 is 13.2 Å². The minimum Gasteiger partial charge on any atom is -0.296 e. The van der Waals surface area contributed by atoms with E-state index in [2.05, 4.69) is 4.98 Å². The van der Waals surface area contributed by atoms with Gasteiger partial charge in [-0.25, -0.2) is 13.4 Å². The third-order valence-corrected chi connectivity index (χ3v) is 5.82. The summed E-state index contributed by atoms with van der Waals surface area (Å²) in [7, 11) is -3.04. The van der Waals surface area contributed by atoms with Crippen LogP contribution in [-0.2, 0) is 9.84 Å². The molecule has 0 spiro atoms. The second kappa shape index (κ2) is 4.02. The molecule has 1 aromatic heterocycles. The molecule has 6 heteroatoms. The topological polar surface area (TPSA) is 64.1 Å². The molecule has 82 valence electrons. The van der Waals surface area contributed by atoms with Crippen LogP contribution in [0.5, 0.6) is 0 Å². The van der Waals surface area contributed by atoms with Gasteiger partial charge in [0.15, 0.2) is 16.1 Å². The van der Waals surface area contributed by atoms with Crippen LogP contribution in [-0.4, -0.2) is 25.4 Å². The first-order chi connectivity index (χ1) is 7.13. The second-order valence-electron chi connectivity index (χ2n) is 3.58. The predicted octanol–water partition coefficient (Wildman–Crippen LogP) is 1.60. The van der Waals surface area contributed by atoms with Crippen molar-refractivity contribution in [2.75, 3.05) is 5.75 Å². The largest absolute Gasteiger partial charge is 0.296 e. The Bertz CT molecular complexity index is 463. The molecule has 0 N–H and O–H groups in total. The van der Waals surface area contributed by atoms with E-state index in [1.165, 1.54) is 11.3 Å². The number of nitrogens with zero attached hydrogens (tertiary/aromatic N) is 1. The first-order valence-corrected chi connectivity index (χ1v) is 7.35. The molecule has 0 radical (unpaired) electrons. The van der Waals surface area contributed by atoms with Crippen molar-refractivity contribution in [3.8, 4) is 0 Å². The molecule has 0 amide bonds. The van der Waals surface area contributed by atoms with Gasteiger partial charge in [0.25, 0.3) is 0 Å². The average molecular weight is 245 g/mol. The molecule has 1 saturated heterocycles. The molecule has 0 bridgehead atoms. The molecule has 1 aliphatic rings. The van der Waals surface area contributed by atoms with Crippen LogP contribution in [0.2, 0.25) is 0 Å². The third kappa shape index (κ3) is 2.10. The Balaban J connectivity index is 2.32. The number of carbonyl (C=O) groups is 1. The monoisotopic (exact) mass is 245 g/mol. The molecule has 2 heterocycles. The van der Waals surface area contributed by atoms with Crippen molar-refractivity contribution >= 4 is 27.5 Å². The molecule has 1 unspecified atom stereocenters. The van der Waals surface area contributed by atoms with Crippen LogP contribution in [0, 0.1) is 0 Å². The van der Waals surface area contributed by atoms with Crippen LogP contribution in [0.1, 0.15) is 40.0 Å². The summed E-state index contributed by atoms with van der Waals surface area (Å²) in [6.07, 6.45) is 2.94. The fourth-order valence-corrected chi connectivity index (χ4v) is 4.90. The van der Waals surface area contributed by atoms with E-state index in [0.717, 1.165) is 12.8 Å². The van der Waals surface area contributed by atoms with E-state index < -0.39 is 15.1 Å². The van der Waals surface area contributed by atoms with E-state index in [1.807, 2.05) is 0 Å². The van der Waals surface area contributed by atoms with Gasteiger partial charge in [0, 0.05) is 5.38 Å². The van der Waals surface area contributed by atoms with Crippen molar-refractivity contribution in [2.24, 2.45) is 0 Å². The summed E-state index contributed by atoms with van der Waals surface area (Å²) in [6, 6.07) is 0. The molecule has 0 aromatic carbocycles. The summed E-state index contributed by atoms with van der Waals surface area (Å²) in [5, 5.41) is 1.69. The van der Waals surface area contributed by atoms with Crippen molar-refractivity contribution in [1.82, 2.24) is 4.98 Å². The van der Waals surface area contributed by atoms with Gasteiger partial charge in [-0.15, -0.1) is 11.3 Å². The highest BCUT2D eigenvalue weighted by atomic mass is 32.2. The summed E-state index contributed by atoms with van der Waals surface area (Å²) in [6.45, 7) is 0. The van der Waals surface area contributed by atoms with E-state index >= 15 is 0 Å². The van der Waals surface area contributed by atoms with E-state index in [4.69, 9.17) is 0 Å². The lowest BCUT2D eigenvalue weighted by Crippen LogP contribution is -2.21. The fraction of sp³-hybridized carbons (Fsp3) is 0.556. The van der Waals surface area contributed by atoms with Crippen LogP contribution in [0.15, 0.2) is 5.38 Å². The molecular formula is C9H11NO3S2. The minimum absolute atomic E-state index is 0.244. The van der Waals surface area contributed by atoms with Gasteiger partial charge in [-0.2, -0.15) is 0 Å². The molecule has 1 atom stereocenters. The first kappa shape index (κ1) is 10.8. The van der Waals surface area contributed by atoms with Gasteiger partial charge in [-0.1, -0.05) is 6.42 Å². The number of carbonyl (C=O) groups excluding carboxylic acids is 1. The van der Waals surface area contributed by atoms with E-state index in [9.17, 15) is 13.2 Å². The average Bonchev–Trinajstić information content (AvgIpc) is 2.65. The zero-order valence-corrected chi connectivity index (χ0v) is 9.68. The number of aromatic nitrogens is 1. The lowest BCUT2D eigenvalue weighted by Gasteiger charge is -2.19. The zero-order valence-electron chi connectivity index (χ0n) is 8.05. The number of hydrogen-bond donors (Lipinski definition) is 0. The third-order valence-electron chi connectivity index (χ3n) is 2.51. The van der Waals surface area contributed by atoms with Gasteiger partial charge in [0.05, 0.1) is 5.75 Å². The van der Waals surface area contributed by atoms with Crippen LogP contribution < -0.4 is 0 Å². The van der Waals surface area contributed by atoms with Crippen LogP contribution >= 0.6 is 11.3 Å². The Kier molecular flexibility index (Phi) is 2.88. The quantitative estimate of drug-likeness (QED) is 0.742. The van der Waals surface area contributed by atoms with Gasteiger partial charge in [-0.3, -0.25) is 4.79 Å². The lowest BCUT2D eigenvalue weighted by atomic mass is 10.2. The van der Waals surface area contributed by atoms with Gasteiger partial charge in [-0.05, 0) is 12.8 Å². The Morgan fingerprint density at radius 2 is 2.27 bits per heavy atom. The summed E-state index contributed by atoms with van der Waals surface area (Å²) in [4.78, 5) is 14.5. The van der Waals surface area contributed by atoms with Crippen LogP contribution in [0.3, 0.4) is 0 Å². The SMILES string of the molecule is O=Cc1csc(C2CCCCS2(=O)=O)n1. The lowest BCUT2D eigenvalue weighted by molar-refractivity contribution is 0.111. The zero-order chi connectivity index (χ0) is 10.9. The fourth-order valence-electron chi connectivity index (χ4n) is 1.73. The molecule has 4 nitrogen and oxygen atoms in total. The number of thiazole rings is 1. The highest BCUT2D eigenvalue weighted by Gasteiger charge is 2.32. The van der Waals surface area contributed by atoms with Crippen molar-refractivity contribution in [3.05, 3.63) is 16.1 Å². The number of hydrogen-bond acceptors (Lipinski definition) is 5. The summed E-state index contributed by atoms with van der Waals surface area (Å²) < 4.78 is 23.5. The maximum Gasteiger partial charge on any atom is 0.169 e. The molecule has 15 heavy (non-hydrogen) atoms. The van der Waals surface area contributed by atoms with Crippen molar-refractivity contribution in [2.45, 2.75) is 24.5 Å². The van der Waals surface area contributed by atoms with Gasteiger partial charge in [0.2, 0.25) is 0 Å².